The van der Waals surface area contributed by atoms with Crippen molar-refractivity contribution in [2.24, 2.45) is 0 Å². The smallest absolute Gasteiger partial charge is 0.257 e. The molecule has 2 N–H and O–H groups in total. The number of nitrogens with one attached hydrogen (secondary N) is 1. The molecule has 7 heteroatoms. The zero-order valence-electron chi connectivity index (χ0n) is 14.5. The van der Waals surface area contributed by atoms with E-state index >= 15 is 0 Å². The number of hydrogen-bond donors (Lipinski definition) is 2. The van der Waals surface area contributed by atoms with Gasteiger partial charge in [-0.25, -0.2) is 4.39 Å². The van der Waals surface area contributed by atoms with Crippen LogP contribution >= 0.6 is 11.3 Å². The van der Waals surface area contributed by atoms with Crippen molar-refractivity contribution in [2.75, 3.05) is 39.0 Å². The second-order valence-electron chi connectivity index (χ2n) is 6.93. The molecule has 3 rings (SSSR count). The van der Waals surface area contributed by atoms with Crippen LogP contribution in [-0.4, -0.2) is 60.1 Å². The summed E-state index contributed by atoms with van der Waals surface area (Å²) in [5, 5.41) is 16.9. The van der Waals surface area contributed by atoms with E-state index in [1.807, 2.05) is 32.0 Å². The van der Waals surface area contributed by atoms with E-state index in [4.69, 9.17) is 0 Å². The number of likely N-dealkylation sites (N-methyl/N-ethyl adjacent to an activating group) is 1. The van der Waals surface area contributed by atoms with Crippen LogP contribution in [0.1, 0.15) is 15.9 Å². The molecule has 5 nitrogen and oxygen atoms in total. The third kappa shape index (κ3) is 3.84. The topological polar surface area (TPSA) is 55.8 Å². The van der Waals surface area contributed by atoms with Crippen LogP contribution in [0.2, 0.25) is 0 Å². The van der Waals surface area contributed by atoms with Crippen LogP contribution in [0, 0.1) is 12.7 Å². The molecule has 134 valence electrons. The minimum Gasteiger partial charge on any atom is -0.385 e. The van der Waals surface area contributed by atoms with Gasteiger partial charge in [-0.3, -0.25) is 4.79 Å². The van der Waals surface area contributed by atoms with Crippen molar-refractivity contribution < 1.29 is 14.3 Å². The third-order valence-corrected chi connectivity index (χ3v) is 4.90. The Kier molecular flexibility index (Phi) is 4.81. The van der Waals surface area contributed by atoms with E-state index in [1.54, 1.807) is 21.7 Å². The minimum absolute atomic E-state index is 0.153. The van der Waals surface area contributed by atoms with Gasteiger partial charge < -0.3 is 20.2 Å². The maximum atomic E-state index is 14.0. The van der Waals surface area contributed by atoms with Crippen LogP contribution in [0.5, 0.6) is 0 Å². The van der Waals surface area contributed by atoms with Gasteiger partial charge in [0.15, 0.2) is 0 Å². The maximum Gasteiger partial charge on any atom is 0.257 e. The van der Waals surface area contributed by atoms with Crippen molar-refractivity contribution in [1.82, 2.24) is 9.80 Å². The van der Waals surface area contributed by atoms with Gasteiger partial charge in [0.1, 0.15) is 11.4 Å². The summed E-state index contributed by atoms with van der Waals surface area (Å²) < 4.78 is 14.0. The van der Waals surface area contributed by atoms with Crippen LogP contribution < -0.4 is 5.32 Å². The number of aliphatic hydroxyl groups is 1. The summed E-state index contributed by atoms with van der Waals surface area (Å²) in [7, 11) is 3.78. The Morgan fingerprint density at radius 1 is 1.36 bits per heavy atom. The predicted octanol–water partition coefficient (Wildman–Crippen LogP) is 2.69. The number of hydrogen-bond acceptors (Lipinski definition) is 5. The second kappa shape index (κ2) is 6.74. The molecule has 1 aromatic carbocycles. The predicted molar refractivity (Wildman–Crippen MR) is 98.1 cm³/mol. The fraction of sp³-hybridized carbons (Fsp3) is 0.389. The first-order valence-electron chi connectivity index (χ1n) is 8.03. The van der Waals surface area contributed by atoms with E-state index in [9.17, 15) is 14.3 Å². The van der Waals surface area contributed by atoms with Crippen molar-refractivity contribution in [3.63, 3.8) is 0 Å². The van der Waals surface area contributed by atoms with E-state index < -0.39 is 5.60 Å². The monoisotopic (exact) mass is 363 g/mol. The number of carbonyl (C=O) groups excluding carboxylic acids is 1. The number of benzene rings is 1. The molecule has 1 saturated heterocycles. The molecule has 0 aliphatic carbocycles. The Morgan fingerprint density at radius 2 is 2.08 bits per heavy atom. The highest BCUT2D eigenvalue weighted by atomic mass is 32.1. The average molecular weight is 363 g/mol. The number of nitrogens with zero attached hydrogens (tertiary/aromatic N) is 2. The van der Waals surface area contributed by atoms with Gasteiger partial charge in [-0.15, -0.1) is 11.3 Å². The molecule has 1 fully saturated rings. The van der Waals surface area contributed by atoms with Crippen LogP contribution in [0.15, 0.2) is 29.0 Å². The van der Waals surface area contributed by atoms with Gasteiger partial charge >= 0.3 is 0 Å². The van der Waals surface area contributed by atoms with Crippen molar-refractivity contribution in [2.45, 2.75) is 12.5 Å². The lowest BCUT2D eigenvalue weighted by Crippen LogP contribution is -2.67. The molecule has 25 heavy (non-hydrogen) atoms. The maximum absolute atomic E-state index is 14.0. The van der Waals surface area contributed by atoms with Gasteiger partial charge in [-0.2, -0.15) is 0 Å². The first kappa shape index (κ1) is 17.8. The van der Waals surface area contributed by atoms with Gasteiger partial charge in [0.05, 0.1) is 30.0 Å². The van der Waals surface area contributed by atoms with Crippen molar-refractivity contribution in [1.29, 1.82) is 0 Å². The Balaban J connectivity index is 1.71. The highest BCUT2D eigenvalue weighted by Gasteiger charge is 2.44. The number of thiophene rings is 1. The summed E-state index contributed by atoms with van der Waals surface area (Å²) in [5.41, 5.74) is 1.40. The SMILES string of the molecule is Cc1ccc(Nc2cscc2C(=O)N2CC(O)(CN(C)C)C2)c(F)c1. The zero-order valence-corrected chi connectivity index (χ0v) is 15.4. The number of β-amino-alcohol motifs (C(OH)–C–C–N with tert-alkyl or cyclic N) is 1. The summed E-state index contributed by atoms with van der Waals surface area (Å²) >= 11 is 1.38. The summed E-state index contributed by atoms with van der Waals surface area (Å²) in [4.78, 5) is 16.2. The molecule has 1 amide bonds. The molecule has 0 atom stereocenters. The molecule has 2 heterocycles. The number of amides is 1. The molecule has 1 aliphatic heterocycles. The molecule has 0 saturated carbocycles. The molecule has 0 unspecified atom stereocenters. The normalized spacial score (nSPS) is 16.0. The van der Waals surface area contributed by atoms with Gasteiger partial charge in [-0.1, -0.05) is 6.07 Å². The van der Waals surface area contributed by atoms with Crippen molar-refractivity contribution in [3.05, 3.63) is 45.9 Å². The van der Waals surface area contributed by atoms with E-state index in [-0.39, 0.29) is 11.7 Å². The quantitative estimate of drug-likeness (QED) is 0.858. The van der Waals surface area contributed by atoms with Crippen LogP contribution in [0.3, 0.4) is 0 Å². The molecule has 0 bridgehead atoms. The van der Waals surface area contributed by atoms with Gasteiger partial charge in [-0.05, 0) is 38.7 Å². The average Bonchev–Trinajstić information content (AvgIpc) is 2.94. The fourth-order valence-electron chi connectivity index (χ4n) is 3.09. The highest BCUT2D eigenvalue weighted by molar-refractivity contribution is 7.08. The van der Waals surface area contributed by atoms with Gasteiger partial charge in [0.25, 0.3) is 5.91 Å². The molecule has 1 aliphatic rings. The van der Waals surface area contributed by atoms with E-state index in [0.717, 1.165) is 5.56 Å². The van der Waals surface area contributed by atoms with Crippen molar-refractivity contribution in [3.8, 4) is 0 Å². The number of carbonyl (C=O) groups is 1. The van der Waals surface area contributed by atoms with Crippen LogP contribution in [-0.2, 0) is 0 Å². The number of halogens is 1. The lowest BCUT2D eigenvalue weighted by molar-refractivity contribution is -0.0919. The van der Waals surface area contributed by atoms with Crippen molar-refractivity contribution >= 4 is 28.6 Å². The summed E-state index contributed by atoms with van der Waals surface area (Å²) in [6, 6.07) is 4.93. The standard InChI is InChI=1S/C18H22FN3O2S/c1-12-4-5-15(14(19)6-12)20-16-8-25-7-13(16)17(23)22-10-18(24,11-22)9-21(2)3/h4-8,20,24H,9-11H2,1-3H3. The Bertz CT molecular complexity index is 784. The fourth-order valence-corrected chi connectivity index (χ4v) is 3.85. The zero-order chi connectivity index (χ0) is 18.2. The molecule has 0 spiro atoms. The molecular formula is C18H22FN3O2S. The van der Waals surface area contributed by atoms with Gasteiger partial charge in [0, 0.05) is 17.3 Å². The molecule has 2 aromatic rings. The Labute approximate surface area is 150 Å². The van der Waals surface area contributed by atoms with E-state index in [0.29, 0.717) is 36.6 Å². The highest BCUT2D eigenvalue weighted by Crippen LogP contribution is 2.31. The van der Waals surface area contributed by atoms with E-state index in [1.165, 1.54) is 17.4 Å². The molecular weight excluding hydrogens is 341 g/mol. The lowest BCUT2D eigenvalue weighted by Gasteiger charge is -2.47. The van der Waals surface area contributed by atoms with E-state index in [2.05, 4.69) is 5.32 Å². The molecule has 1 aromatic heterocycles. The number of anilines is 2. The largest absolute Gasteiger partial charge is 0.385 e. The summed E-state index contributed by atoms with van der Waals surface area (Å²) in [6.45, 7) is 2.95. The van der Waals surface area contributed by atoms with Crippen LogP contribution in [0.4, 0.5) is 15.8 Å². The first-order chi connectivity index (χ1) is 11.8. The third-order valence-electron chi connectivity index (χ3n) is 4.15. The molecule has 0 radical (unpaired) electrons. The summed E-state index contributed by atoms with van der Waals surface area (Å²) in [6.07, 6.45) is 0. The summed E-state index contributed by atoms with van der Waals surface area (Å²) in [5.74, 6) is -0.506. The first-order valence-corrected chi connectivity index (χ1v) is 8.97. The Morgan fingerprint density at radius 3 is 2.72 bits per heavy atom. The second-order valence-corrected chi connectivity index (χ2v) is 7.67. The minimum atomic E-state index is -0.855. The van der Waals surface area contributed by atoms with Crippen LogP contribution in [0.25, 0.3) is 0 Å². The van der Waals surface area contributed by atoms with Gasteiger partial charge in [0.2, 0.25) is 0 Å². The number of likely N-dealkylation sites (tertiary alicyclic amines) is 1. The number of rotatable bonds is 5. The lowest BCUT2D eigenvalue weighted by atomic mass is 9.93. The Hall–Kier alpha value is -1.96. The number of aryl methyl sites for hydroxylation is 1.